The minimum atomic E-state index is -0.722. The molecule has 1 heterocycles. The third-order valence-corrected chi connectivity index (χ3v) is 4.17. The van der Waals surface area contributed by atoms with E-state index in [9.17, 15) is 9.50 Å². The van der Waals surface area contributed by atoms with Crippen molar-refractivity contribution in [2.45, 2.75) is 19.4 Å². The Balaban J connectivity index is 1.76. The van der Waals surface area contributed by atoms with Crippen molar-refractivity contribution in [2.24, 2.45) is 0 Å². The minimum absolute atomic E-state index is 0.189. The van der Waals surface area contributed by atoms with Crippen LogP contribution in [0.2, 0.25) is 0 Å². The van der Waals surface area contributed by atoms with E-state index in [1.54, 1.807) is 12.1 Å². The maximum Gasteiger partial charge on any atom is 0.165 e. The lowest BCUT2D eigenvalue weighted by Crippen LogP contribution is -2.17. The largest absolute Gasteiger partial charge is 0.505 e. The molecule has 0 saturated carbocycles. The average molecular weight is 313 g/mol. The number of aliphatic hydroxyl groups is 1. The number of benzene rings is 2. The molecule has 0 aliphatic carbocycles. The van der Waals surface area contributed by atoms with Gasteiger partial charge in [0.2, 0.25) is 0 Å². The molecular formula is C19H20FNO2. The molecule has 0 amide bonds. The first-order valence-electron chi connectivity index (χ1n) is 7.83. The lowest BCUT2D eigenvalue weighted by atomic mass is 10.1. The minimum Gasteiger partial charge on any atom is -0.505 e. The van der Waals surface area contributed by atoms with Crippen LogP contribution in [0.15, 0.2) is 36.4 Å². The third kappa shape index (κ3) is 3.54. The molecule has 1 saturated heterocycles. The fourth-order valence-corrected chi connectivity index (χ4v) is 2.86. The summed E-state index contributed by atoms with van der Waals surface area (Å²) in [6.07, 6.45) is 6.16. The summed E-state index contributed by atoms with van der Waals surface area (Å²) in [5, 5.41) is 18.6. The van der Waals surface area contributed by atoms with Crippen LogP contribution < -0.4 is 4.90 Å². The smallest absolute Gasteiger partial charge is 0.165 e. The van der Waals surface area contributed by atoms with Gasteiger partial charge < -0.3 is 15.1 Å². The summed E-state index contributed by atoms with van der Waals surface area (Å²) in [6.45, 7) is 1.84. The number of phenols is 1. The summed E-state index contributed by atoms with van der Waals surface area (Å²) in [7, 11) is 0. The molecule has 2 aromatic carbocycles. The van der Waals surface area contributed by atoms with Crippen molar-refractivity contribution in [1.82, 2.24) is 0 Å². The number of aromatic hydroxyl groups is 1. The number of aliphatic hydroxyl groups excluding tert-OH is 1. The summed E-state index contributed by atoms with van der Waals surface area (Å²) in [4.78, 5) is 2.37. The van der Waals surface area contributed by atoms with Gasteiger partial charge in [-0.1, -0.05) is 24.3 Å². The highest BCUT2D eigenvalue weighted by molar-refractivity contribution is 5.71. The maximum atomic E-state index is 13.6. The third-order valence-electron chi connectivity index (χ3n) is 4.17. The Bertz CT molecular complexity index is 704. The first-order chi connectivity index (χ1) is 11.2. The molecule has 0 unspecified atom stereocenters. The quantitative estimate of drug-likeness (QED) is 0.844. The molecular weight excluding hydrogens is 293 g/mol. The highest BCUT2D eigenvalue weighted by Crippen LogP contribution is 2.25. The Labute approximate surface area is 135 Å². The van der Waals surface area contributed by atoms with Crippen LogP contribution >= 0.6 is 0 Å². The zero-order valence-corrected chi connectivity index (χ0v) is 12.9. The van der Waals surface area contributed by atoms with E-state index in [2.05, 4.69) is 17.0 Å². The van der Waals surface area contributed by atoms with Crippen LogP contribution in [0.4, 0.5) is 10.1 Å². The number of hydrogen-bond acceptors (Lipinski definition) is 3. The molecule has 1 aliphatic rings. The van der Waals surface area contributed by atoms with Crippen LogP contribution in [0.25, 0.3) is 12.2 Å². The van der Waals surface area contributed by atoms with E-state index >= 15 is 0 Å². The number of hydrogen-bond donors (Lipinski definition) is 2. The molecule has 3 nitrogen and oxygen atoms in total. The molecule has 1 aliphatic heterocycles. The fraction of sp³-hybridized carbons (Fsp3) is 0.263. The van der Waals surface area contributed by atoms with Gasteiger partial charge >= 0.3 is 0 Å². The van der Waals surface area contributed by atoms with Crippen LogP contribution in [0.5, 0.6) is 5.75 Å². The van der Waals surface area contributed by atoms with Crippen molar-refractivity contribution in [1.29, 1.82) is 0 Å². The van der Waals surface area contributed by atoms with Crippen molar-refractivity contribution >= 4 is 17.8 Å². The molecule has 0 atom stereocenters. The Morgan fingerprint density at radius 2 is 1.65 bits per heavy atom. The predicted octanol–water partition coefficient (Wildman–Crippen LogP) is 3.79. The van der Waals surface area contributed by atoms with Gasteiger partial charge in [-0.05, 0) is 48.2 Å². The van der Waals surface area contributed by atoms with Crippen LogP contribution in [0.1, 0.15) is 29.5 Å². The molecule has 0 aromatic heterocycles. The second-order valence-corrected chi connectivity index (χ2v) is 5.79. The van der Waals surface area contributed by atoms with Gasteiger partial charge in [0.25, 0.3) is 0 Å². The number of anilines is 1. The fourth-order valence-electron chi connectivity index (χ4n) is 2.86. The van der Waals surface area contributed by atoms with Crippen LogP contribution in [0.3, 0.4) is 0 Å². The normalized spacial score (nSPS) is 14.8. The monoisotopic (exact) mass is 313 g/mol. The van der Waals surface area contributed by atoms with Gasteiger partial charge in [-0.15, -0.1) is 0 Å². The Morgan fingerprint density at radius 3 is 2.30 bits per heavy atom. The van der Waals surface area contributed by atoms with E-state index in [4.69, 9.17) is 5.11 Å². The maximum absolute atomic E-state index is 13.6. The number of nitrogens with zero attached hydrogens (tertiary/aromatic N) is 1. The SMILES string of the molecule is OCc1cc(C=Cc2ccc(N3CCCC3)cc2)cc(F)c1O. The van der Waals surface area contributed by atoms with Gasteiger partial charge in [0.05, 0.1) is 6.61 Å². The standard InChI is InChI=1S/C19H20FNO2/c20-18-12-15(11-16(13-22)19(18)23)4-3-14-5-7-17(8-6-14)21-9-1-2-10-21/h3-8,11-12,22-23H,1-2,9-10,13H2. The van der Waals surface area contributed by atoms with Crippen molar-refractivity contribution in [3.8, 4) is 5.75 Å². The van der Waals surface area contributed by atoms with E-state index < -0.39 is 18.2 Å². The van der Waals surface area contributed by atoms with Crippen molar-refractivity contribution in [3.63, 3.8) is 0 Å². The molecule has 0 radical (unpaired) electrons. The Kier molecular flexibility index (Phi) is 4.63. The van der Waals surface area contributed by atoms with Crippen LogP contribution in [-0.2, 0) is 6.61 Å². The summed E-state index contributed by atoms with van der Waals surface area (Å²) in [6, 6.07) is 11.1. The van der Waals surface area contributed by atoms with E-state index in [0.29, 0.717) is 5.56 Å². The first kappa shape index (κ1) is 15.6. The van der Waals surface area contributed by atoms with Gasteiger partial charge in [0.1, 0.15) is 0 Å². The summed E-state index contributed by atoms with van der Waals surface area (Å²) in [5.41, 5.74) is 3.05. The van der Waals surface area contributed by atoms with Gasteiger partial charge in [-0.2, -0.15) is 0 Å². The lowest BCUT2D eigenvalue weighted by molar-refractivity contribution is 0.273. The van der Waals surface area contributed by atoms with Gasteiger partial charge in [0, 0.05) is 24.3 Å². The van der Waals surface area contributed by atoms with Crippen LogP contribution in [-0.4, -0.2) is 23.3 Å². The number of rotatable bonds is 4. The highest BCUT2D eigenvalue weighted by atomic mass is 19.1. The average Bonchev–Trinajstić information content (AvgIpc) is 3.11. The second kappa shape index (κ2) is 6.84. The van der Waals surface area contributed by atoms with E-state index in [1.807, 2.05) is 18.2 Å². The molecule has 0 spiro atoms. The zero-order chi connectivity index (χ0) is 16.2. The van der Waals surface area contributed by atoms with E-state index in [-0.39, 0.29) is 5.56 Å². The topological polar surface area (TPSA) is 43.7 Å². The molecule has 4 heteroatoms. The molecule has 2 N–H and O–H groups in total. The van der Waals surface area contributed by atoms with Crippen molar-refractivity contribution in [3.05, 3.63) is 58.9 Å². The van der Waals surface area contributed by atoms with Gasteiger partial charge in [-0.25, -0.2) is 4.39 Å². The van der Waals surface area contributed by atoms with Crippen LogP contribution in [0, 0.1) is 5.82 Å². The molecule has 1 fully saturated rings. The highest BCUT2D eigenvalue weighted by Gasteiger charge is 2.11. The molecule has 3 rings (SSSR count). The summed E-state index contributed by atoms with van der Waals surface area (Å²) >= 11 is 0. The summed E-state index contributed by atoms with van der Waals surface area (Å²) < 4.78 is 13.6. The molecule has 0 bridgehead atoms. The van der Waals surface area contributed by atoms with E-state index in [1.165, 1.54) is 24.6 Å². The van der Waals surface area contributed by atoms with Gasteiger partial charge in [-0.3, -0.25) is 0 Å². The van der Waals surface area contributed by atoms with Crippen molar-refractivity contribution in [2.75, 3.05) is 18.0 Å². The lowest BCUT2D eigenvalue weighted by Gasteiger charge is -2.17. The summed E-state index contributed by atoms with van der Waals surface area (Å²) in [5.74, 6) is -1.21. The predicted molar refractivity (Wildman–Crippen MR) is 90.8 cm³/mol. The van der Waals surface area contributed by atoms with Crippen molar-refractivity contribution < 1.29 is 14.6 Å². The van der Waals surface area contributed by atoms with E-state index in [0.717, 1.165) is 18.7 Å². The Hall–Kier alpha value is -2.33. The number of halogens is 1. The van der Waals surface area contributed by atoms with Gasteiger partial charge in [0.15, 0.2) is 11.6 Å². The first-order valence-corrected chi connectivity index (χ1v) is 7.83. The second-order valence-electron chi connectivity index (χ2n) is 5.79. The molecule has 23 heavy (non-hydrogen) atoms. The zero-order valence-electron chi connectivity index (χ0n) is 12.9. The molecule has 120 valence electrons. The molecule has 2 aromatic rings. The Morgan fingerprint density at radius 1 is 1.00 bits per heavy atom.